The third kappa shape index (κ3) is 11.1. The molecule has 0 bridgehead atoms. The van der Waals surface area contributed by atoms with Gasteiger partial charge in [0.1, 0.15) is 18.1 Å². The zero-order chi connectivity index (χ0) is 25.7. The molecule has 11 N–H and O–H groups in total. The first-order valence-corrected chi connectivity index (χ1v) is 10.9. The molecule has 0 saturated carbocycles. The van der Waals surface area contributed by atoms with Crippen molar-refractivity contribution in [1.82, 2.24) is 16.0 Å². The number of primary amides is 1. The number of hydrogen-bond donors (Lipinski definition) is 8. The van der Waals surface area contributed by atoms with E-state index in [0.29, 0.717) is 32.2 Å². The van der Waals surface area contributed by atoms with Crippen molar-refractivity contribution in [3.05, 3.63) is 0 Å². The van der Waals surface area contributed by atoms with E-state index in [1.165, 1.54) is 6.92 Å². The number of nitrogens with two attached hydrogens (primary N) is 3. The Morgan fingerprint density at radius 1 is 0.909 bits per heavy atom. The molecule has 0 fully saturated rings. The number of carboxylic acid groups (broad SMARTS) is 1. The Balaban J connectivity index is 5.41. The summed E-state index contributed by atoms with van der Waals surface area (Å²) in [6.07, 6.45) is 0.0394. The molecule has 0 spiro atoms. The predicted molar refractivity (Wildman–Crippen MR) is 119 cm³/mol. The summed E-state index contributed by atoms with van der Waals surface area (Å²) in [4.78, 5) is 60.6. The van der Waals surface area contributed by atoms with Crippen molar-refractivity contribution in [2.45, 2.75) is 83.1 Å². The van der Waals surface area contributed by atoms with Gasteiger partial charge in [0, 0.05) is 0 Å². The summed E-state index contributed by atoms with van der Waals surface area (Å²) in [6, 6.07) is -5.20. The monoisotopic (exact) mass is 474 g/mol. The number of carboxylic acids is 1. The van der Waals surface area contributed by atoms with Crippen molar-refractivity contribution in [3.8, 4) is 0 Å². The second kappa shape index (κ2) is 15.1. The van der Waals surface area contributed by atoms with Gasteiger partial charge in [-0.3, -0.25) is 19.2 Å². The van der Waals surface area contributed by atoms with Gasteiger partial charge in [0.05, 0.1) is 18.6 Å². The molecule has 6 atom stereocenters. The van der Waals surface area contributed by atoms with Crippen LogP contribution in [-0.4, -0.2) is 76.6 Å². The van der Waals surface area contributed by atoms with E-state index in [4.69, 9.17) is 17.2 Å². The van der Waals surface area contributed by atoms with Gasteiger partial charge in [0.25, 0.3) is 0 Å². The lowest BCUT2D eigenvalue weighted by molar-refractivity contribution is -0.144. The highest BCUT2D eigenvalue weighted by atomic mass is 16.4. The number of aliphatic carboxylic acids is 1. The lowest BCUT2D eigenvalue weighted by Gasteiger charge is -2.27. The smallest absolute Gasteiger partial charge is 0.326 e. The van der Waals surface area contributed by atoms with Crippen LogP contribution in [-0.2, 0) is 24.0 Å². The van der Waals surface area contributed by atoms with Crippen LogP contribution >= 0.6 is 0 Å². The Hall–Kier alpha value is -2.77. The van der Waals surface area contributed by atoms with Gasteiger partial charge in [-0.2, -0.15) is 0 Å². The number of unbranched alkanes of at least 4 members (excludes halogenated alkanes) is 1. The van der Waals surface area contributed by atoms with Crippen LogP contribution in [0.25, 0.3) is 0 Å². The van der Waals surface area contributed by atoms with Crippen molar-refractivity contribution in [1.29, 1.82) is 0 Å². The van der Waals surface area contributed by atoms with Crippen molar-refractivity contribution < 1.29 is 34.2 Å². The summed E-state index contributed by atoms with van der Waals surface area (Å²) in [5.74, 6) is -5.23. The van der Waals surface area contributed by atoms with Crippen LogP contribution in [0.2, 0.25) is 0 Å². The molecule has 0 aliphatic heterocycles. The number of aliphatic hydroxyl groups excluding tert-OH is 1. The van der Waals surface area contributed by atoms with Gasteiger partial charge >= 0.3 is 5.97 Å². The van der Waals surface area contributed by atoms with E-state index in [9.17, 15) is 34.2 Å². The predicted octanol–water partition coefficient (Wildman–Crippen LogP) is -2.72. The number of aliphatic hydroxyl groups is 1. The quantitative estimate of drug-likeness (QED) is 0.108. The van der Waals surface area contributed by atoms with Gasteiger partial charge in [-0.25, -0.2) is 4.79 Å². The van der Waals surface area contributed by atoms with Gasteiger partial charge in [-0.05, 0) is 32.2 Å². The minimum Gasteiger partial charge on any atom is -0.480 e. The normalized spacial score (nSPS) is 16.4. The van der Waals surface area contributed by atoms with Crippen LogP contribution in [0.1, 0.15) is 52.9 Å². The number of carbonyl (C=O) groups excluding carboxylic acids is 4. The summed E-state index contributed by atoms with van der Waals surface area (Å²) < 4.78 is 0. The molecule has 33 heavy (non-hydrogen) atoms. The average molecular weight is 475 g/mol. The maximum atomic E-state index is 12.7. The second-order valence-corrected chi connectivity index (χ2v) is 8.06. The Morgan fingerprint density at radius 3 is 1.94 bits per heavy atom. The molecule has 190 valence electrons. The summed E-state index contributed by atoms with van der Waals surface area (Å²) >= 11 is 0. The van der Waals surface area contributed by atoms with Crippen LogP contribution in [0.5, 0.6) is 0 Å². The first-order chi connectivity index (χ1) is 15.3. The van der Waals surface area contributed by atoms with Gasteiger partial charge in [0.2, 0.25) is 23.6 Å². The molecule has 6 unspecified atom stereocenters. The van der Waals surface area contributed by atoms with Crippen LogP contribution in [0, 0.1) is 5.92 Å². The fourth-order valence-electron chi connectivity index (χ4n) is 2.91. The van der Waals surface area contributed by atoms with Crippen LogP contribution in [0.4, 0.5) is 0 Å². The molecule has 0 heterocycles. The molecule has 0 aliphatic carbocycles. The van der Waals surface area contributed by atoms with Crippen LogP contribution in [0.15, 0.2) is 0 Å². The fourth-order valence-corrected chi connectivity index (χ4v) is 2.91. The molecule has 0 aromatic heterocycles. The summed E-state index contributed by atoms with van der Waals surface area (Å²) in [6.45, 7) is 5.05. The van der Waals surface area contributed by atoms with Crippen LogP contribution in [0.3, 0.4) is 0 Å². The molecular formula is C20H38N6O7. The Kier molecular flexibility index (Phi) is 13.9. The van der Waals surface area contributed by atoms with Crippen LogP contribution < -0.4 is 33.2 Å². The second-order valence-electron chi connectivity index (χ2n) is 8.06. The lowest BCUT2D eigenvalue weighted by Crippen LogP contribution is -2.60. The van der Waals surface area contributed by atoms with E-state index in [2.05, 4.69) is 16.0 Å². The lowest BCUT2D eigenvalue weighted by atomic mass is 9.98. The molecule has 0 saturated heterocycles. The molecule has 13 nitrogen and oxygen atoms in total. The number of nitrogens with one attached hydrogen (secondary N) is 3. The molecule has 0 aliphatic rings. The fraction of sp³-hybridized carbons (Fsp3) is 0.750. The average Bonchev–Trinajstić information content (AvgIpc) is 2.73. The first-order valence-electron chi connectivity index (χ1n) is 10.9. The third-order valence-corrected chi connectivity index (χ3v) is 5.18. The minimum atomic E-state index is -1.52. The zero-order valence-electron chi connectivity index (χ0n) is 19.4. The molecule has 4 amide bonds. The maximum absolute atomic E-state index is 12.7. The van der Waals surface area contributed by atoms with E-state index >= 15 is 0 Å². The van der Waals surface area contributed by atoms with E-state index in [-0.39, 0.29) is 0 Å². The third-order valence-electron chi connectivity index (χ3n) is 5.18. The van der Waals surface area contributed by atoms with Gasteiger partial charge in [-0.15, -0.1) is 0 Å². The minimum absolute atomic E-state index is 0.316. The number of hydrogen-bond acceptors (Lipinski definition) is 8. The largest absolute Gasteiger partial charge is 0.480 e. The highest BCUT2D eigenvalue weighted by Gasteiger charge is 2.34. The molecule has 0 aromatic carbocycles. The Labute approximate surface area is 193 Å². The van der Waals surface area contributed by atoms with Crippen molar-refractivity contribution in [2.75, 3.05) is 6.54 Å². The van der Waals surface area contributed by atoms with Gasteiger partial charge in [-0.1, -0.05) is 26.7 Å². The summed E-state index contributed by atoms with van der Waals surface area (Å²) in [7, 11) is 0. The van der Waals surface area contributed by atoms with Crippen molar-refractivity contribution in [2.24, 2.45) is 23.1 Å². The van der Waals surface area contributed by atoms with E-state index in [1.54, 1.807) is 13.8 Å². The standard InChI is InChI=1S/C20H38N6O7/c1-4-10(2)15(20(32)33)25-18(30)13(9-14(23)28)24-19(31)16(11(3)27)26-17(29)12(22)7-5-6-8-21/h10-13,15-16,27H,4-9,21-22H2,1-3H3,(H2,23,28)(H,24,31)(H,25,30)(H,26,29)(H,32,33). The summed E-state index contributed by atoms with van der Waals surface area (Å²) in [5.41, 5.74) is 16.4. The molecular weight excluding hydrogens is 436 g/mol. The zero-order valence-corrected chi connectivity index (χ0v) is 19.4. The van der Waals surface area contributed by atoms with Gasteiger partial charge < -0.3 is 43.4 Å². The van der Waals surface area contributed by atoms with E-state index < -0.39 is 72.2 Å². The topological polar surface area (TPSA) is 240 Å². The molecule has 0 aromatic rings. The summed E-state index contributed by atoms with van der Waals surface area (Å²) in [5, 5.41) is 26.2. The van der Waals surface area contributed by atoms with Gasteiger partial charge in [0.15, 0.2) is 0 Å². The van der Waals surface area contributed by atoms with Crippen molar-refractivity contribution >= 4 is 29.6 Å². The van der Waals surface area contributed by atoms with E-state index in [1.807, 2.05) is 0 Å². The number of carbonyl (C=O) groups is 5. The highest BCUT2D eigenvalue weighted by Crippen LogP contribution is 2.09. The Bertz CT molecular complexity index is 688. The molecule has 0 radical (unpaired) electrons. The first kappa shape index (κ1) is 30.2. The van der Waals surface area contributed by atoms with Crippen molar-refractivity contribution in [3.63, 3.8) is 0 Å². The highest BCUT2D eigenvalue weighted by molar-refractivity contribution is 5.96. The number of rotatable bonds is 16. The Morgan fingerprint density at radius 2 is 1.48 bits per heavy atom. The molecule has 0 rings (SSSR count). The van der Waals surface area contributed by atoms with E-state index in [0.717, 1.165) is 0 Å². The number of amides is 4. The SMILES string of the molecule is CCC(C)C(NC(=O)C(CC(N)=O)NC(=O)C(NC(=O)C(N)CCCCN)C(C)O)C(=O)O. The maximum Gasteiger partial charge on any atom is 0.326 e. The molecule has 13 heteroatoms.